The van der Waals surface area contributed by atoms with Crippen molar-refractivity contribution in [1.29, 1.82) is 0 Å². The maximum atomic E-state index is 12.1. The van der Waals surface area contributed by atoms with Gasteiger partial charge in [-0.1, -0.05) is 40.4 Å². The Hall–Kier alpha value is -0.250. The predicted molar refractivity (Wildman–Crippen MR) is 83.1 cm³/mol. The Morgan fingerprint density at radius 1 is 1.37 bits per heavy atom. The van der Waals surface area contributed by atoms with Crippen LogP contribution in [0.2, 0.25) is 5.02 Å². The van der Waals surface area contributed by atoms with Crippen LogP contribution in [0.5, 0.6) is 0 Å². The third-order valence-electron chi connectivity index (χ3n) is 3.75. The van der Waals surface area contributed by atoms with Crippen molar-refractivity contribution in [2.75, 3.05) is 12.4 Å². The highest BCUT2D eigenvalue weighted by Gasteiger charge is 2.33. The molecule has 1 fully saturated rings. The zero-order valence-electron chi connectivity index (χ0n) is 10.5. The van der Waals surface area contributed by atoms with Crippen LogP contribution in [-0.2, 0) is 0 Å². The van der Waals surface area contributed by atoms with E-state index in [-0.39, 0.29) is 11.3 Å². The number of carbonyl (C=O) groups excluding carboxylic acids is 1. The lowest BCUT2D eigenvalue weighted by molar-refractivity contribution is 0.0935. The van der Waals surface area contributed by atoms with Crippen LogP contribution in [0.4, 0.5) is 0 Å². The minimum Gasteiger partial charge on any atom is -0.351 e. The Labute approximate surface area is 132 Å². The van der Waals surface area contributed by atoms with Crippen molar-refractivity contribution < 1.29 is 4.79 Å². The fourth-order valence-corrected chi connectivity index (χ4v) is 3.64. The van der Waals surface area contributed by atoms with E-state index in [2.05, 4.69) is 21.2 Å². The van der Waals surface area contributed by atoms with Crippen molar-refractivity contribution in [3.63, 3.8) is 0 Å². The summed E-state index contributed by atoms with van der Waals surface area (Å²) in [5.41, 5.74) is 0.576. The summed E-state index contributed by atoms with van der Waals surface area (Å²) in [7, 11) is 0. The molecule has 1 aromatic rings. The molecule has 19 heavy (non-hydrogen) atoms. The Bertz CT molecular complexity index is 473. The van der Waals surface area contributed by atoms with Gasteiger partial charge in [-0.15, -0.1) is 11.6 Å². The number of rotatable bonds is 4. The van der Waals surface area contributed by atoms with E-state index in [0.29, 0.717) is 23.0 Å². The molecule has 0 radical (unpaired) electrons. The average Bonchev–Trinajstić information content (AvgIpc) is 2.85. The number of nitrogens with one attached hydrogen (secondary N) is 1. The van der Waals surface area contributed by atoms with Crippen LogP contribution in [0.3, 0.4) is 0 Å². The molecule has 1 aliphatic rings. The molecule has 0 spiro atoms. The van der Waals surface area contributed by atoms with Gasteiger partial charge in [0.1, 0.15) is 0 Å². The molecule has 1 aromatic carbocycles. The van der Waals surface area contributed by atoms with Crippen molar-refractivity contribution in [1.82, 2.24) is 5.32 Å². The number of amides is 1. The van der Waals surface area contributed by atoms with Crippen LogP contribution in [0.15, 0.2) is 22.7 Å². The molecule has 5 heteroatoms. The lowest BCUT2D eigenvalue weighted by Gasteiger charge is -2.26. The van der Waals surface area contributed by atoms with E-state index in [4.69, 9.17) is 23.2 Å². The Kier molecular flexibility index (Phi) is 5.15. The van der Waals surface area contributed by atoms with Gasteiger partial charge in [0.25, 0.3) is 5.91 Å². The van der Waals surface area contributed by atoms with E-state index < -0.39 is 0 Å². The van der Waals surface area contributed by atoms with Crippen LogP contribution in [0.1, 0.15) is 36.0 Å². The van der Waals surface area contributed by atoms with Crippen LogP contribution in [0.25, 0.3) is 0 Å². The van der Waals surface area contributed by atoms with Gasteiger partial charge >= 0.3 is 0 Å². The lowest BCUT2D eigenvalue weighted by atomic mass is 9.88. The summed E-state index contributed by atoms with van der Waals surface area (Å²) >= 11 is 15.5. The number of hydrogen-bond donors (Lipinski definition) is 1. The maximum absolute atomic E-state index is 12.1. The third-order valence-corrected chi connectivity index (χ3v) is 5.12. The first-order chi connectivity index (χ1) is 9.06. The minimum absolute atomic E-state index is 0.0685. The molecule has 0 atom stereocenters. The van der Waals surface area contributed by atoms with E-state index in [1.165, 1.54) is 12.8 Å². The highest BCUT2D eigenvalue weighted by Crippen LogP contribution is 2.38. The molecule has 0 aliphatic heterocycles. The zero-order chi connectivity index (χ0) is 13.9. The van der Waals surface area contributed by atoms with Gasteiger partial charge in [-0.05, 0) is 31.0 Å². The minimum atomic E-state index is -0.131. The number of hydrogen-bond acceptors (Lipinski definition) is 1. The van der Waals surface area contributed by atoms with Gasteiger partial charge in [-0.2, -0.15) is 0 Å². The van der Waals surface area contributed by atoms with Gasteiger partial charge in [0.05, 0.1) is 10.6 Å². The second kappa shape index (κ2) is 6.47. The summed E-state index contributed by atoms with van der Waals surface area (Å²) < 4.78 is 0.863. The van der Waals surface area contributed by atoms with Crippen LogP contribution in [0, 0.1) is 5.41 Å². The standard InChI is InChI=1S/C14H16BrCl2NO/c15-10-3-4-11(12(17)7-10)13(19)18-9-14(8-16)5-1-2-6-14/h3-4,7H,1-2,5-6,8-9H2,(H,18,19). The van der Waals surface area contributed by atoms with Crippen molar-refractivity contribution in [3.05, 3.63) is 33.3 Å². The molecule has 0 unspecified atom stereocenters. The molecule has 0 aromatic heterocycles. The highest BCUT2D eigenvalue weighted by atomic mass is 79.9. The fourth-order valence-electron chi connectivity index (χ4n) is 2.52. The van der Waals surface area contributed by atoms with Gasteiger partial charge in [-0.3, -0.25) is 4.79 Å². The molecule has 0 bridgehead atoms. The van der Waals surface area contributed by atoms with Gasteiger partial charge in [0.15, 0.2) is 0 Å². The molecule has 1 N–H and O–H groups in total. The molecule has 0 saturated heterocycles. The molecule has 104 valence electrons. The smallest absolute Gasteiger partial charge is 0.252 e. The molecular weight excluding hydrogens is 349 g/mol. The first-order valence-electron chi connectivity index (χ1n) is 6.36. The second-order valence-electron chi connectivity index (χ2n) is 5.15. The van der Waals surface area contributed by atoms with Gasteiger partial charge in [-0.25, -0.2) is 0 Å². The SMILES string of the molecule is O=C(NCC1(CCl)CCCC1)c1ccc(Br)cc1Cl. The summed E-state index contributed by atoms with van der Waals surface area (Å²) in [5, 5.41) is 3.43. The summed E-state index contributed by atoms with van der Waals surface area (Å²) in [4.78, 5) is 12.1. The first kappa shape index (κ1) is 15.1. The monoisotopic (exact) mass is 363 g/mol. The van der Waals surface area contributed by atoms with Gasteiger partial charge in [0.2, 0.25) is 0 Å². The van der Waals surface area contributed by atoms with E-state index in [1.54, 1.807) is 12.1 Å². The Morgan fingerprint density at radius 3 is 2.63 bits per heavy atom. The lowest BCUT2D eigenvalue weighted by Crippen LogP contribution is -2.37. The highest BCUT2D eigenvalue weighted by molar-refractivity contribution is 9.10. The van der Waals surface area contributed by atoms with Crippen LogP contribution in [-0.4, -0.2) is 18.3 Å². The molecule has 1 saturated carbocycles. The summed E-state index contributed by atoms with van der Waals surface area (Å²) in [6.45, 7) is 0.627. The normalized spacial score (nSPS) is 17.4. The van der Waals surface area contributed by atoms with E-state index in [1.807, 2.05) is 6.07 Å². The topological polar surface area (TPSA) is 29.1 Å². The second-order valence-corrected chi connectivity index (χ2v) is 6.74. The van der Waals surface area contributed by atoms with E-state index in [0.717, 1.165) is 17.3 Å². The van der Waals surface area contributed by atoms with Crippen LogP contribution < -0.4 is 5.32 Å². The molecule has 1 amide bonds. The zero-order valence-corrected chi connectivity index (χ0v) is 13.6. The predicted octanol–water partition coefficient (Wildman–Crippen LogP) is 4.63. The summed E-state index contributed by atoms with van der Waals surface area (Å²) in [6, 6.07) is 5.26. The van der Waals surface area contributed by atoms with Crippen molar-refractivity contribution in [2.45, 2.75) is 25.7 Å². The van der Waals surface area contributed by atoms with Gasteiger partial charge < -0.3 is 5.32 Å². The number of alkyl halides is 1. The number of halogens is 3. The molecule has 2 nitrogen and oxygen atoms in total. The van der Waals surface area contributed by atoms with E-state index >= 15 is 0 Å². The Balaban J connectivity index is 2.01. The van der Waals surface area contributed by atoms with Crippen molar-refractivity contribution in [2.24, 2.45) is 5.41 Å². The fraction of sp³-hybridized carbons (Fsp3) is 0.500. The summed E-state index contributed by atoms with van der Waals surface area (Å²) in [5.74, 6) is 0.468. The molecule has 2 rings (SSSR count). The van der Waals surface area contributed by atoms with Crippen molar-refractivity contribution >= 4 is 45.0 Å². The first-order valence-corrected chi connectivity index (χ1v) is 8.06. The quantitative estimate of drug-likeness (QED) is 0.775. The molecule has 0 heterocycles. The maximum Gasteiger partial charge on any atom is 0.252 e. The van der Waals surface area contributed by atoms with Crippen molar-refractivity contribution in [3.8, 4) is 0 Å². The molecular formula is C14H16BrCl2NO. The third kappa shape index (κ3) is 3.65. The van der Waals surface area contributed by atoms with Gasteiger partial charge in [0, 0.05) is 22.3 Å². The average molecular weight is 365 g/mol. The number of carbonyl (C=O) groups is 1. The molecule has 1 aliphatic carbocycles. The largest absolute Gasteiger partial charge is 0.351 e. The Morgan fingerprint density at radius 2 is 2.05 bits per heavy atom. The summed E-state index contributed by atoms with van der Waals surface area (Å²) in [6.07, 6.45) is 4.57. The number of benzene rings is 1. The van der Waals surface area contributed by atoms with E-state index in [9.17, 15) is 4.79 Å². The van der Waals surface area contributed by atoms with Crippen LogP contribution >= 0.6 is 39.1 Å².